The van der Waals surface area contributed by atoms with E-state index in [-0.39, 0.29) is 17.5 Å². The third kappa shape index (κ3) is 2.52. The first kappa shape index (κ1) is 13.7. The van der Waals surface area contributed by atoms with Crippen LogP contribution in [0.2, 0.25) is 0 Å². The molecule has 2 aromatic rings. The predicted octanol–water partition coefficient (Wildman–Crippen LogP) is 2.31. The SMILES string of the molecule is NCCC1CN(C(=O)c2ccc(F)cn2)c2ccccc21. The average Bonchev–Trinajstić information content (AvgIpc) is 2.87. The molecule has 0 saturated carbocycles. The van der Waals surface area contributed by atoms with Crippen molar-refractivity contribution in [2.45, 2.75) is 12.3 Å². The Labute approximate surface area is 122 Å². The molecule has 0 radical (unpaired) electrons. The van der Waals surface area contributed by atoms with E-state index in [1.807, 2.05) is 24.3 Å². The lowest BCUT2D eigenvalue weighted by molar-refractivity contribution is 0.0983. The molecule has 21 heavy (non-hydrogen) atoms. The van der Waals surface area contributed by atoms with Crippen LogP contribution in [0.5, 0.6) is 0 Å². The van der Waals surface area contributed by atoms with Crippen molar-refractivity contribution in [3.05, 3.63) is 59.7 Å². The summed E-state index contributed by atoms with van der Waals surface area (Å²) in [6.45, 7) is 1.17. The number of hydrogen-bond donors (Lipinski definition) is 1. The number of halogens is 1. The molecule has 0 aliphatic carbocycles. The molecule has 4 nitrogen and oxygen atoms in total. The summed E-state index contributed by atoms with van der Waals surface area (Å²) < 4.78 is 12.9. The minimum atomic E-state index is -0.450. The van der Waals surface area contributed by atoms with E-state index in [1.54, 1.807) is 4.90 Å². The van der Waals surface area contributed by atoms with Crippen LogP contribution in [0.15, 0.2) is 42.6 Å². The van der Waals surface area contributed by atoms with E-state index >= 15 is 0 Å². The minimum absolute atomic E-state index is 0.207. The van der Waals surface area contributed by atoms with Crippen LogP contribution in [0.25, 0.3) is 0 Å². The summed E-state index contributed by atoms with van der Waals surface area (Å²) in [6, 6.07) is 10.5. The monoisotopic (exact) mass is 285 g/mol. The first-order valence-electron chi connectivity index (χ1n) is 6.93. The maximum Gasteiger partial charge on any atom is 0.276 e. The molecule has 1 aromatic heterocycles. The van der Waals surface area contributed by atoms with Crippen molar-refractivity contribution < 1.29 is 9.18 Å². The molecule has 0 fully saturated rings. The third-order valence-corrected chi connectivity index (χ3v) is 3.78. The first-order chi connectivity index (χ1) is 10.2. The lowest BCUT2D eigenvalue weighted by Crippen LogP contribution is -2.30. The predicted molar refractivity (Wildman–Crippen MR) is 78.7 cm³/mol. The number of para-hydroxylation sites is 1. The van der Waals surface area contributed by atoms with Crippen molar-refractivity contribution >= 4 is 11.6 Å². The van der Waals surface area contributed by atoms with Gasteiger partial charge >= 0.3 is 0 Å². The first-order valence-corrected chi connectivity index (χ1v) is 6.93. The second-order valence-electron chi connectivity index (χ2n) is 5.11. The van der Waals surface area contributed by atoms with Crippen LogP contribution in [0.1, 0.15) is 28.4 Å². The summed E-state index contributed by atoms with van der Waals surface area (Å²) in [6.07, 6.45) is 1.89. The molecular formula is C16H16FN3O. The molecule has 3 rings (SSSR count). The molecule has 0 spiro atoms. The number of rotatable bonds is 3. The summed E-state index contributed by atoms with van der Waals surface area (Å²) in [5, 5.41) is 0. The maximum atomic E-state index is 12.9. The number of nitrogens with zero attached hydrogens (tertiary/aromatic N) is 2. The topological polar surface area (TPSA) is 59.2 Å². The lowest BCUT2D eigenvalue weighted by Gasteiger charge is -2.17. The molecule has 1 atom stereocenters. The van der Waals surface area contributed by atoms with Crippen molar-refractivity contribution in [2.75, 3.05) is 18.0 Å². The van der Waals surface area contributed by atoms with E-state index in [4.69, 9.17) is 5.73 Å². The molecule has 1 aromatic carbocycles. The van der Waals surface area contributed by atoms with E-state index in [2.05, 4.69) is 4.98 Å². The Kier molecular flexibility index (Phi) is 3.66. The fraction of sp³-hybridized carbons (Fsp3) is 0.250. The van der Waals surface area contributed by atoms with Crippen LogP contribution in [0, 0.1) is 5.82 Å². The van der Waals surface area contributed by atoms with E-state index < -0.39 is 5.82 Å². The molecule has 108 valence electrons. The lowest BCUT2D eigenvalue weighted by atomic mass is 9.98. The highest BCUT2D eigenvalue weighted by Gasteiger charge is 2.32. The molecule has 0 saturated heterocycles. The molecule has 1 unspecified atom stereocenters. The van der Waals surface area contributed by atoms with Gasteiger partial charge in [0.15, 0.2) is 0 Å². The Morgan fingerprint density at radius 1 is 1.33 bits per heavy atom. The minimum Gasteiger partial charge on any atom is -0.330 e. The highest BCUT2D eigenvalue weighted by molar-refractivity contribution is 6.06. The molecule has 1 aliphatic rings. The van der Waals surface area contributed by atoms with Gasteiger partial charge in [-0.15, -0.1) is 0 Å². The van der Waals surface area contributed by atoms with Crippen molar-refractivity contribution in [3.63, 3.8) is 0 Å². The number of carbonyl (C=O) groups excluding carboxylic acids is 1. The number of anilines is 1. The molecule has 5 heteroatoms. The average molecular weight is 285 g/mol. The van der Waals surface area contributed by atoms with Gasteiger partial charge in [-0.25, -0.2) is 9.37 Å². The van der Waals surface area contributed by atoms with E-state index in [0.717, 1.165) is 23.9 Å². The fourth-order valence-corrected chi connectivity index (χ4v) is 2.78. The number of fused-ring (bicyclic) bond motifs is 1. The van der Waals surface area contributed by atoms with Gasteiger partial charge in [-0.2, -0.15) is 0 Å². The maximum absolute atomic E-state index is 12.9. The summed E-state index contributed by atoms with van der Waals surface area (Å²) in [5.74, 6) is -0.410. The second kappa shape index (κ2) is 5.61. The highest BCUT2D eigenvalue weighted by atomic mass is 19.1. The Balaban J connectivity index is 1.92. The Hall–Kier alpha value is -2.27. The van der Waals surface area contributed by atoms with Crippen LogP contribution in [0.3, 0.4) is 0 Å². The number of amides is 1. The summed E-state index contributed by atoms with van der Waals surface area (Å²) >= 11 is 0. The summed E-state index contributed by atoms with van der Waals surface area (Å²) in [5.41, 5.74) is 7.94. The molecule has 1 amide bonds. The largest absolute Gasteiger partial charge is 0.330 e. The quantitative estimate of drug-likeness (QED) is 0.941. The molecule has 0 bridgehead atoms. The molecule has 2 heterocycles. The smallest absolute Gasteiger partial charge is 0.276 e. The number of pyridine rings is 1. The van der Waals surface area contributed by atoms with Gasteiger partial charge in [-0.1, -0.05) is 18.2 Å². The van der Waals surface area contributed by atoms with Gasteiger partial charge in [0.1, 0.15) is 11.5 Å². The zero-order chi connectivity index (χ0) is 14.8. The van der Waals surface area contributed by atoms with Gasteiger partial charge < -0.3 is 10.6 Å². The Morgan fingerprint density at radius 2 is 2.14 bits per heavy atom. The molecular weight excluding hydrogens is 269 g/mol. The van der Waals surface area contributed by atoms with Crippen molar-refractivity contribution in [1.29, 1.82) is 0 Å². The van der Waals surface area contributed by atoms with Crippen LogP contribution in [-0.2, 0) is 0 Å². The van der Waals surface area contributed by atoms with Crippen LogP contribution in [-0.4, -0.2) is 24.0 Å². The van der Waals surface area contributed by atoms with Crippen LogP contribution < -0.4 is 10.6 Å². The standard InChI is InChI=1S/C16H16FN3O/c17-12-5-6-14(19-9-12)16(21)20-10-11(7-8-18)13-3-1-2-4-15(13)20/h1-6,9,11H,7-8,10,18H2. The van der Waals surface area contributed by atoms with Crippen LogP contribution in [0.4, 0.5) is 10.1 Å². The summed E-state index contributed by atoms with van der Waals surface area (Å²) in [7, 11) is 0. The number of nitrogens with two attached hydrogens (primary N) is 1. The normalized spacial score (nSPS) is 16.9. The van der Waals surface area contributed by atoms with Crippen molar-refractivity contribution in [1.82, 2.24) is 4.98 Å². The number of hydrogen-bond acceptors (Lipinski definition) is 3. The molecule has 1 aliphatic heterocycles. The van der Waals surface area contributed by atoms with E-state index in [9.17, 15) is 9.18 Å². The van der Waals surface area contributed by atoms with Crippen LogP contribution >= 0.6 is 0 Å². The Bertz CT molecular complexity index is 657. The van der Waals surface area contributed by atoms with Crippen molar-refractivity contribution in [2.24, 2.45) is 5.73 Å². The second-order valence-corrected chi connectivity index (χ2v) is 5.11. The summed E-state index contributed by atoms with van der Waals surface area (Å²) in [4.78, 5) is 18.2. The van der Waals surface area contributed by atoms with Gasteiger partial charge in [-0.3, -0.25) is 4.79 Å². The zero-order valence-corrected chi connectivity index (χ0v) is 11.5. The van der Waals surface area contributed by atoms with Gasteiger partial charge in [0.25, 0.3) is 5.91 Å². The van der Waals surface area contributed by atoms with Gasteiger partial charge in [-0.05, 0) is 36.7 Å². The zero-order valence-electron chi connectivity index (χ0n) is 11.5. The van der Waals surface area contributed by atoms with Gasteiger partial charge in [0.05, 0.1) is 6.20 Å². The third-order valence-electron chi connectivity index (χ3n) is 3.78. The van der Waals surface area contributed by atoms with E-state index in [1.165, 1.54) is 12.1 Å². The van der Waals surface area contributed by atoms with Crippen molar-refractivity contribution in [3.8, 4) is 0 Å². The Morgan fingerprint density at radius 3 is 2.86 bits per heavy atom. The number of aromatic nitrogens is 1. The fourth-order valence-electron chi connectivity index (χ4n) is 2.78. The number of benzene rings is 1. The molecule has 2 N–H and O–H groups in total. The van der Waals surface area contributed by atoms with Gasteiger partial charge in [0.2, 0.25) is 0 Å². The van der Waals surface area contributed by atoms with E-state index in [0.29, 0.717) is 13.1 Å². The number of carbonyl (C=O) groups is 1. The van der Waals surface area contributed by atoms with Gasteiger partial charge in [0, 0.05) is 18.2 Å². The highest BCUT2D eigenvalue weighted by Crippen LogP contribution is 2.38.